The summed E-state index contributed by atoms with van der Waals surface area (Å²) >= 11 is 0.957. The fraction of sp³-hybridized carbons (Fsp3) is 0.643. The Bertz CT molecular complexity index is 1030. The number of Topliss-reactive ketones (excluding diaryl/α,β-unsaturated/α-hetero) is 1. The van der Waals surface area contributed by atoms with Crippen LogP contribution in [-0.2, 0) is 14.3 Å². The van der Waals surface area contributed by atoms with Crippen molar-refractivity contribution in [1.82, 2.24) is 0 Å². The number of hydrogen-bond acceptors (Lipinski definition) is 5. The van der Waals surface area contributed by atoms with Gasteiger partial charge in [-0.3, -0.25) is 9.59 Å². The Morgan fingerprint density at radius 3 is 2.66 bits per heavy atom. The Balaban J connectivity index is 1.68. The SMILES string of the molecule is C=C[C@]1(C)C[C@@H](OC(=O)CSc2ccc(F)cc2F)[C@]2(C)C(C)CCC3(CCC(=O)C32)[C@@H](C)[C@@H]1O. The van der Waals surface area contributed by atoms with Crippen molar-refractivity contribution < 1.29 is 28.2 Å². The minimum atomic E-state index is -0.727. The van der Waals surface area contributed by atoms with Gasteiger partial charge in [0.05, 0.1) is 11.9 Å². The average Bonchev–Trinajstić information content (AvgIpc) is 3.17. The molecule has 1 aromatic carbocycles. The molecule has 3 aliphatic rings. The second-order valence-corrected chi connectivity index (χ2v) is 12.4. The van der Waals surface area contributed by atoms with Crippen LogP contribution < -0.4 is 0 Å². The molecule has 1 N–H and O–H groups in total. The van der Waals surface area contributed by atoms with Gasteiger partial charge >= 0.3 is 5.97 Å². The second-order valence-electron chi connectivity index (χ2n) is 11.4. The van der Waals surface area contributed by atoms with Crippen molar-refractivity contribution in [3.63, 3.8) is 0 Å². The molecule has 0 radical (unpaired) electrons. The average molecular weight is 507 g/mol. The van der Waals surface area contributed by atoms with E-state index in [1.165, 1.54) is 6.07 Å². The van der Waals surface area contributed by atoms with Crippen LogP contribution in [0.2, 0.25) is 0 Å². The molecule has 0 heterocycles. The van der Waals surface area contributed by atoms with Crippen LogP contribution >= 0.6 is 11.8 Å². The molecule has 7 heteroatoms. The van der Waals surface area contributed by atoms with Crippen molar-refractivity contribution in [1.29, 1.82) is 0 Å². The Morgan fingerprint density at radius 1 is 1.29 bits per heavy atom. The molecule has 4 rings (SSSR count). The van der Waals surface area contributed by atoms with Gasteiger partial charge in [-0.25, -0.2) is 8.78 Å². The zero-order valence-electron chi connectivity index (χ0n) is 21.0. The van der Waals surface area contributed by atoms with E-state index in [4.69, 9.17) is 4.74 Å². The van der Waals surface area contributed by atoms with Gasteiger partial charge < -0.3 is 9.84 Å². The molecule has 3 unspecified atom stereocenters. The normalized spacial score (nSPS) is 41.0. The zero-order valence-corrected chi connectivity index (χ0v) is 21.8. The molecule has 0 saturated heterocycles. The van der Waals surface area contributed by atoms with Crippen molar-refractivity contribution in [2.75, 3.05) is 5.75 Å². The standard InChI is InChI=1S/C28H36F2O4S/c1-6-26(4)14-22(34-23(32)15-35-21-8-7-18(29)13-19(21)30)27(5)16(2)9-11-28(17(3)25(26)33)12-10-20(31)24(27)28/h6-8,13,16-17,22,24-25,33H,1,9-12,14-15H2,2-5H3/t16?,17-,22+,24?,25-,26+,27-,28?/m0/s1. The van der Waals surface area contributed by atoms with Crippen LogP contribution in [0.3, 0.4) is 0 Å². The molecular weight excluding hydrogens is 470 g/mol. The first-order chi connectivity index (χ1) is 16.4. The Kier molecular flexibility index (Phi) is 6.99. The third-order valence-electron chi connectivity index (χ3n) is 9.81. The predicted molar refractivity (Wildman–Crippen MR) is 132 cm³/mol. The molecule has 3 fully saturated rings. The van der Waals surface area contributed by atoms with Crippen LogP contribution in [0.15, 0.2) is 35.7 Å². The molecular formula is C28H36F2O4S. The predicted octanol–water partition coefficient (Wildman–Crippen LogP) is 5.96. The van der Waals surface area contributed by atoms with Gasteiger partial charge in [-0.1, -0.05) is 33.8 Å². The summed E-state index contributed by atoms with van der Waals surface area (Å²) in [5.41, 5.74) is -1.63. The molecule has 0 spiro atoms. The maximum atomic E-state index is 14.1. The molecule has 8 atom stereocenters. The lowest BCUT2D eigenvalue weighted by Gasteiger charge is -2.61. The Morgan fingerprint density at radius 2 is 2.00 bits per heavy atom. The van der Waals surface area contributed by atoms with Crippen LogP contribution in [-0.4, -0.2) is 34.8 Å². The van der Waals surface area contributed by atoms with E-state index in [-0.39, 0.29) is 39.6 Å². The van der Waals surface area contributed by atoms with E-state index < -0.39 is 40.6 Å². The lowest BCUT2D eigenvalue weighted by atomic mass is 9.44. The van der Waals surface area contributed by atoms with Crippen molar-refractivity contribution >= 4 is 23.5 Å². The summed E-state index contributed by atoms with van der Waals surface area (Å²) < 4.78 is 33.4. The number of esters is 1. The van der Waals surface area contributed by atoms with E-state index in [0.29, 0.717) is 12.8 Å². The molecule has 3 saturated carbocycles. The summed E-state index contributed by atoms with van der Waals surface area (Å²) in [4.78, 5) is 26.6. The number of hydrogen-bond donors (Lipinski definition) is 1. The highest BCUT2D eigenvalue weighted by Gasteiger charge is 2.68. The number of ketones is 1. The molecule has 1 aromatic rings. The van der Waals surface area contributed by atoms with E-state index >= 15 is 0 Å². The summed E-state index contributed by atoms with van der Waals surface area (Å²) in [6, 6.07) is 3.25. The highest BCUT2D eigenvalue weighted by molar-refractivity contribution is 8.00. The van der Waals surface area contributed by atoms with Crippen molar-refractivity contribution in [2.45, 2.75) is 76.9 Å². The maximum Gasteiger partial charge on any atom is 0.316 e. The van der Waals surface area contributed by atoms with Crippen LogP contribution in [0.4, 0.5) is 8.78 Å². The van der Waals surface area contributed by atoms with Crippen molar-refractivity contribution in [3.8, 4) is 0 Å². The van der Waals surface area contributed by atoms with Crippen LogP contribution in [0.25, 0.3) is 0 Å². The first kappa shape index (κ1) is 26.3. The van der Waals surface area contributed by atoms with Crippen molar-refractivity contribution in [3.05, 3.63) is 42.5 Å². The number of thioether (sulfide) groups is 1. The van der Waals surface area contributed by atoms with E-state index in [1.54, 1.807) is 6.08 Å². The van der Waals surface area contributed by atoms with Gasteiger partial charge in [-0.15, -0.1) is 18.3 Å². The van der Waals surface area contributed by atoms with Gasteiger partial charge in [-0.2, -0.15) is 0 Å². The van der Waals surface area contributed by atoms with E-state index in [0.717, 1.165) is 43.2 Å². The summed E-state index contributed by atoms with van der Waals surface area (Å²) in [6.45, 7) is 12.2. The van der Waals surface area contributed by atoms with Gasteiger partial charge in [0.1, 0.15) is 23.5 Å². The van der Waals surface area contributed by atoms with E-state index in [9.17, 15) is 23.5 Å². The first-order valence-corrected chi connectivity index (χ1v) is 13.5. The molecule has 2 bridgehead atoms. The van der Waals surface area contributed by atoms with Gasteiger partial charge in [0.2, 0.25) is 0 Å². The quantitative estimate of drug-likeness (QED) is 0.303. The molecule has 192 valence electrons. The molecule has 3 aliphatic carbocycles. The molecule has 0 amide bonds. The Labute approximate surface area is 210 Å². The fourth-order valence-electron chi connectivity index (χ4n) is 7.42. The summed E-state index contributed by atoms with van der Waals surface area (Å²) in [5.74, 6) is -2.11. The summed E-state index contributed by atoms with van der Waals surface area (Å²) in [5, 5.41) is 11.5. The zero-order chi connectivity index (χ0) is 25.8. The largest absolute Gasteiger partial charge is 0.461 e. The lowest BCUT2D eigenvalue weighted by Crippen LogP contribution is -2.63. The van der Waals surface area contributed by atoms with E-state index in [2.05, 4.69) is 27.4 Å². The number of benzene rings is 1. The third-order valence-corrected chi connectivity index (χ3v) is 10.8. The number of halogens is 2. The third kappa shape index (κ3) is 4.16. The van der Waals surface area contributed by atoms with Gasteiger partial charge in [0, 0.05) is 34.1 Å². The maximum absolute atomic E-state index is 14.1. The van der Waals surface area contributed by atoms with E-state index in [1.807, 2.05) is 6.92 Å². The van der Waals surface area contributed by atoms with Crippen LogP contribution in [0, 0.1) is 45.6 Å². The Hall–Kier alpha value is -1.73. The lowest BCUT2D eigenvalue weighted by molar-refractivity contribution is -0.205. The monoisotopic (exact) mass is 506 g/mol. The van der Waals surface area contributed by atoms with Crippen molar-refractivity contribution in [2.24, 2.45) is 34.0 Å². The van der Waals surface area contributed by atoms with Crippen LogP contribution in [0.1, 0.15) is 59.8 Å². The molecule has 35 heavy (non-hydrogen) atoms. The molecule has 0 aromatic heterocycles. The number of aliphatic hydroxyl groups excluding tert-OH is 1. The fourth-order valence-corrected chi connectivity index (χ4v) is 8.13. The number of ether oxygens (including phenoxy) is 1. The van der Waals surface area contributed by atoms with Crippen LogP contribution in [0.5, 0.6) is 0 Å². The minimum Gasteiger partial charge on any atom is -0.461 e. The minimum absolute atomic E-state index is 0.0950. The summed E-state index contributed by atoms with van der Waals surface area (Å²) in [6.07, 6.45) is 3.76. The smallest absolute Gasteiger partial charge is 0.316 e. The van der Waals surface area contributed by atoms with Gasteiger partial charge in [-0.05, 0) is 55.1 Å². The number of carbonyl (C=O) groups excluding carboxylic acids is 2. The number of carbonyl (C=O) groups is 2. The number of aliphatic hydroxyl groups is 1. The molecule has 4 nitrogen and oxygen atoms in total. The highest BCUT2D eigenvalue weighted by Crippen LogP contribution is 2.68. The molecule has 0 aliphatic heterocycles. The number of rotatable bonds is 5. The highest BCUT2D eigenvalue weighted by atomic mass is 32.2. The first-order valence-electron chi connectivity index (χ1n) is 12.5. The topological polar surface area (TPSA) is 63.6 Å². The summed E-state index contributed by atoms with van der Waals surface area (Å²) in [7, 11) is 0. The van der Waals surface area contributed by atoms with Gasteiger partial charge in [0.15, 0.2) is 0 Å². The second kappa shape index (κ2) is 9.29. The van der Waals surface area contributed by atoms with Gasteiger partial charge in [0.25, 0.3) is 0 Å².